The topological polar surface area (TPSA) is 113 Å². The van der Waals surface area contributed by atoms with E-state index in [2.05, 4.69) is 27.2 Å². The summed E-state index contributed by atoms with van der Waals surface area (Å²) in [5.74, 6) is 6.07. The van der Waals surface area contributed by atoms with Crippen molar-refractivity contribution in [3.63, 3.8) is 0 Å². The van der Waals surface area contributed by atoms with Crippen LogP contribution in [0.15, 0.2) is 54.9 Å². The normalized spacial score (nSPS) is 16.7. The molecule has 0 radical (unpaired) electrons. The molecule has 0 spiro atoms. The molecule has 2 atom stereocenters. The maximum atomic E-state index is 13.1. The fourth-order valence-electron chi connectivity index (χ4n) is 3.47. The van der Waals surface area contributed by atoms with Gasteiger partial charge in [0.25, 0.3) is 0 Å². The van der Waals surface area contributed by atoms with Gasteiger partial charge in [-0.3, -0.25) is 10.1 Å². The lowest BCUT2D eigenvalue weighted by Crippen LogP contribution is -2.48. The van der Waals surface area contributed by atoms with Gasteiger partial charge in [-0.05, 0) is 37.6 Å². The van der Waals surface area contributed by atoms with Crippen molar-refractivity contribution in [1.82, 2.24) is 20.1 Å². The number of nitrogens with one attached hydrogen (secondary N) is 1. The van der Waals surface area contributed by atoms with E-state index in [1.807, 2.05) is 30.3 Å². The van der Waals surface area contributed by atoms with Crippen molar-refractivity contribution in [2.75, 3.05) is 18.6 Å². The number of nitrogens with zero attached hydrogens (tertiary/aromatic N) is 4. The van der Waals surface area contributed by atoms with Gasteiger partial charge in [0.15, 0.2) is 12.1 Å². The maximum Gasteiger partial charge on any atom is 0.247 e. The minimum atomic E-state index is -1.25. The standard InChI is InChI=1S/C25H27N5O4/c1-25(2,33)12-11-17-9-10-21-20(13-17)29(3)24(32)19(15-34-21)27-23(31)22-26-16-30(28-22)14-18-7-5-4-6-8-18/h4-10,13,16,19,23,27,31,33H,14-15H2,1-3H3/t19-,23?/m1/s1. The van der Waals surface area contributed by atoms with E-state index in [0.717, 1.165) is 5.56 Å². The lowest BCUT2D eigenvalue weighted by molar-refractivity contribution is -0.121. The fraction of sp³-hybridized carbons (Fsp3) is 0.320. The number of rotatable bonds is 5. The molecule has 0 saturated heterocycles. The van der Waals surface area contributed by atoms with Crippen LogP contribution in [0.5, 0.6) is 5.75 Å². The van der Waals surface area contributed by atoms with E-state index in [4.69, 9.17) is 4.74 Å². The van der Waals surface area contributed by atoms with Gasteiger partial charge in [-0.25, -0.2) is 9.67 Å². The van der Waals surface area contributed by atoms with E-state index in [-0.39, 0.29) is 18.3 Å². The molecule has 1 aliphatic heterocycles. The van der Waals surface area contributed by atoms with Crippen LogP contribution in [0.4, 0.5) is 5.69 Å². The number of hydrogen-bond acceptors (Lipinski definition) is 7. The first kappa shape index (κ1) is 23.4. The van der Waals surface area contributed by atoms with Crippen molar-refractivity contribution in [2.45, 2.75) is 38.3 Å². The Labute approximate surface area is 198 Å². The molecule has 0 aliphatic carbocycles. The van der Waals surface area contributed by atoms with Gasteiger partial charge in [-0.2, -0.15) is 5.10 Å². The van der Waals surface area contributed by atoms with Gasteiger partial charge in [-0.15, -0.1) is 0 Å². The predicted molar refractivity (Wildman–Crippen MR) is 126 cm³/mol. The van der Waals surface area contributed by atoms with Gasteiger partial charge in [-0.1, -0.05) is 42.2 Å². The van der Waals surface area contributed by atoms with Crippen LogP contribution >= 0.6 is 0 Å². The average molecular weight is 462 g/mol. The smallest absolute Gasteiger partial charge is 0.247 e. The van der Waals surface area contributed by atoms with E-state index < -0.39 is 17.9 Å². The quantitative estimate of drug-likeness (QED) is 0.389. The zero-order chi connectivity index (χ0) is 24.3. The van der Waals surface area contributed by atoms with Crippen LogP contribution in [0.25, 0.3) is 0 Å². The molecule has 176 valence electrons. The van der Waals surface area contributed by atoms with Crippen LogP contribution in [-0.4, -0.2) is 56.2 Å². The van der Waals surface area contributed by atoms with Crippen LogP contribution < -0.4 is 15.0 Å². The zero-order valence-corrected chi connectivity index (χ0v) is 19.3. The second-order valence-corrected chi connectivity index (χ2v) is 8.61. The number of hydrogen-bond donors (Lipinski definition) is 3. The van der Waals surface area contributed by atoms with Gasteiger partial charge in [0.1, 0.15) is 30.3 Å². The number of aliphatic hydroxyl groups excluding tert-OH is 1. The number of likely N-dealkylation sites (N-methyl/N-ethyl adjacent to an activating group) is 1. The Morgan fingerprint density at radius 1 is 1.26 bits per heavy atom. The van der Waals surface area contributed by atoms with Gasteiger partial charge < -0.3 is 19.8 Å². The first-order valence-electron chi connectivity index (χ1n) is 10.9. The Hall–Kier alpha value is -3.71. The van der Waals surface area contributed by atoms with Crippen LogP contribution in [0.1, 0.15) is 37.0 Å². The molecule has 2 aromatic carbocycles. The second-order valence-electron chi connectivity index (χ2n) is 8.61. The summed E-state index contributed by atoms with van der Waals surface area (Å²) < 4.78 is 7.47. The third-order valence-electron chi connectivity index (χ3n) is 5.21. The number of carbonyl (C=O) groups is 1. The summed E-state index contributed by atoms with van der Waals surface area (Å²) in [6, 6.07) is 14.2. The molecule has 1 amide bonds. The van der Waals surface area contributed by atoms with Crippen molar-refractivity contribution >= 4 is 11.6 Å². The van der Waals surface area contributed by atoms with E-state index in [9.17, 15) is 15.0 Å². The predicted octanol–water partition coefficient (Wildman–Crippen LogP) is 1.45. The SMILES string of the molecule is CN1C(=O)[C@H](NC(O)c2ncn(Cc3ccccc3)n2)COc2ccc(C#CC(C)(C)O)cc21. The van der Waals surface area contributed by atoms with E-state index in [1.54, 1.807) is 43.8 Å². The molecule has 4 rings (SSSR count). The molecule has 0 saturated carbocycles. The third kappa shape index (κ3) is 5.61. The van der Waals surface area contributed by atoms with Gasteiger partial charge in [0, 0.05) is 12.6 Å². The third-order valence-corrected chi connectivity index (χ3v) is 5.21. The summed E-state index contributed by atoms with van der Waals surface area (Å²) in [7, 11) is 1.64. The number of anilines is 1. The molecule has 9 nitrogen and oxygen atoms in total. The first-order chi connectivity index (χ1) is 16.2. The van der Waals surface area contributed by atoms with E-state index >= 15 is 0 Å². The molecule has 9 heteroatoms. The van der Waals surface area contributed by atoms with Crippen molar-refractivity contribution in [2.24, 2.45) is 0 Å². The highest BCUT2D eigenvalue weighted by molar-refractivity contribution is 5.99. The highest BCUT2D eigenvalue weighted by Crippen LogP contribution is 2.31. The minimum Gasteiger partial charge on any atom is -0.489 e. The number of fused-ring (bicyclic) bond motifs is 1. The van der Waals surface area contributed by atoms with Crippen LogP contribution in [0.3, 0.4) is 0 Å². The number of amides is 1. The Balaban J connectivity index is 1.45. The minimum absolute atomic E-state index is 0.0205. The summed E-state index contributed by atoms with van der Waals surface area (Å²) in [6.07, 6.45) is 0.286. The molecule has 1 aromatic heterocycles. The van der Waals surface area contributed by atoms with Crippen LogP contribution in [-0.2, 0) is 11.3 Å². The molecule has 34 heavy (non-hydrogen) atoms. The average Bonchev–Trinajstić information content (AvgIpc) is 3.24. The largest absolute Gasteiger partial charge is 0.489 e. The zero-order valence-electron chi connectivity index (χ0n) is 19.3. The molecule has 1 aliphatic rings. The Kier molecular flexibility index (Phi) is 6.65. The summed E-state index contributed by atoms with van der Waals surface area (Å²) >= 11 is 0. The first-order valence-corrected chi connectivity index (χ1v) is 10.9. The molecule has 3 aromatic rings. The van der Waals surface area contributed by atoms with Gasteiger partial charge in [0.2, 0.25) is 5.91 Å². The number of ether oxygens (including phenoxy) is 1. The Bertz CT molecular complexity index is 1220. The van der Waals surface area contributed by atoms with Crippen molar-refractivity contribution in [3.05, 3.63) is 71.8 Å². The summed E-state index contributed by atoms with van der Waals surface area (Å²) in [5, 5.41) is 27.7. The second kappa shape index (κ2) is 9.65. The van der Waals surface area contributed by atoms with Crippen LogP contribution in [0.2, 0.25) is 0 Å². The lowest BCUT2D eigenvalue weighted by Gasteiger charge is -2.22. The summed E-state index contributed by atoms with van der Waals surface area (Å²) in [4.78, 5) is 18.7. The fourth-order valence-corrected chi connectivity index (χ4v) is 3.47. The summed E-state index contributed by atoms with van der Waals surface area (Å²) in [5.41, 5.74) is 1.12. The highest BCUT2D eigenvalue weighted by Gasteiger charge is 2.31. The molecule has 1 unspecified atom stereocenters. The number of carbonyl (C=O) groups excluding carboxylic acids is 1. The molecular weight excluding hydrogens is 434 g/mol. The highest BCUT2D eigenvalue weighted by atomic mass is 16.5. The Morgan fingerprint density at radius 2 is 2.03 bits per heavy atom. The monoisotopic (exact) mass is 461 g/mol. The van der Waals surface area contributed by atoms with Gasteiger partial charge >= 0.3 is 0 Å². The molecule has 3 N–H and O–H groups in total. The molecule has 0 bridgehead atoms. The number of benzene rings is 2. The maximum absolute atomic E-state index is 13.1. The van der Waals surface area contributed by atoms with Crippen LogP contribution in [0, 0.1) is 11.8 Å². The van der Waals surface area contributed by atoms with Gasteiger partial charge in [0.05, 0.1) is 12.2 Å². The van der Waals surface area contributed by atoms with Crippen molar-refractivity contribution < 1.29 is 19.7 Å². The lowest BCUT2D eigenvalue weighted by atomic mass is 10.1. The Morgan fingerprint density at radius 3 is 2.76 bits per heavy atom. The number of aliphatic hydroxyl groups is 2. The number of aromatic nitrogens is 3. The van der Waals surface area contributed by atoms with E-state index in [1.165, 1.54) is 11.2 Å². The molecule has 2 heterocycles. The van der Waals surface area contributed by atoms with Crippen molar-refractivity contribution in [1.29, 1.82) is 0 Å². The van der Waals surface area contributed by atoms with E-state index in [0.29, 0.717) is 23.5 Å². The van der Waals surface area contributed by atoms with Crippen molar-refractivity contribution in [3.8, 4) is 17.6 Å². The summed E-state index contributed by atoms with van der Waals surface area (Å²) in [6.45, 7) is 3.74. The molecular formula is C25H27N5O4. The molecule has 0 fully saturated rings.